The first-order chi connectivity index (χ1) is 11.0. The maximum absolute atomic E-state index is 12.5. The van der Waals surface area contributed by atoms with Crippen molar-refractivity contribution in [3.63, 3.8) is 0 Å². The van der Waals surface area contributed by atoms with E-state index in [1.54, 1.807) is 0 Å². The van der Waals surface area contributed by atoms with Crippen LogP contribution in [0.25, 0.3) is 0 Å². The fraction of sp³-hybridized carbons (Fsp3) is 0.444. The minimum absolute atomic E-state index is 0.0375. The minimum atomic E-state index is -0.262. The third-order valence-corrected chi connectivity index (χ3v) is 3.80. The second-order valence-electron chi connectivity index (χ2n) is 6.14. The maximum atomic E-state index is 12.5. The molecule has 1 amide bonds. The Morgan fingerprint density at radius 1 is 1.22 bits per heavy atom. The molecule has 1 heterocycles. The van der Waals surface area contributed by atoms with Crippen LogP contribution in [0.1, 0.15) is 29.3 Å². The van der Waals surface area contributed by atoms with Crippen molar-refractivity contribution in [2.24, 2.45) is 0 Å². The summed E-state index contributed by atoms with van der Waals surface area (Å²) >= 11 is 0. The first-order valence-corrected chi connectivity index (χ1v) is 7.98. The van der Waals surface area contributed by atoms with Gasteiger partial charge in [0.05, 0.1) is 5.69 Å². The lowest BCUT2D eigenvalue weighted by atomic mass is 10.0. The Hall–Kier alpha value is -2.14. The van der Waals surface area contributed by atoms with Crippen LogP contribution >= 0.6 is 0 Å². The number of likely N-dealkylation sites (N-methyl/N-ethyl adjacent to an activating group) is 1. The van der Waals surface area contributed by atoms with Crippen LogP contribution in [-0.2, 0) is 11.3 Å². The average Bonchev–Trinajstić information content (AvgIpc) is 2.91. The van der Waals surface area contributed by atoms with Gasteiger partial charge in [-0.1, -0.05) is 29.8 Å². The largest absolute Gasteiger partial charge is 0.354 e. The van der Waals surface area contributed by atoms with Gasteiger partial charge in [0, 0.05) is 19.3 Å². The van der Waals surface area contributed by atoms with Gasteiger partial charge in [0.1, 0.15) is 6.04 Å². The fourth-order valence-electron chi connectivity index (χ4n) is 2.57. The summed E-state index contributed by atoms with van der Waals surface area (Å²) in [6.45, 7) is 5.48. The first-order valence-electron chi connectivity index (χ1n) is 7.98. The summed E-state index contributed by atoms with van der Waals surface area (Å²) in [5.74, 6) is 0.0375. The second kappa shape index (κ2) is 7.92. The van der Waals surface area contributed by atoms with Gasteiger partial charge < -0.3 is 5.32 Å². The van der Waals surface area contributed by atoms with Crippen molar-refractivity contribution in [1.29, 1.82) is 0 Å². The van der Waals surface area contributed by atoms with E-state index >= 15 is 0 Å². The van der Waals surface area contributed by atoms with E-state index < -0.39 is 0 Å². The Morgan fingerprint density at radius 2 is 1.91 bits per heavy atom. The van der Waals surface area contributed by atoms with Gasteiger partial charge in [0.25, 0.3) is 0 Å². The van der Waals surface area contributed by atoms with Crippen molar-refractivity contribution >= 4 is 5.91 Å². The number of aryl methyl sites for hydroxylation is 3. The molecule has 124 valence electrons. The van der Waals surface area contributed by atoms with E-state index in [0.717, 1.165) is 24.2 Å². The highest BCUT2D eigenvalue weighted by Gasteiger charge is 2.22. The zero-order valence-electron chi connectivity index (χ0n) is 14.4. The molecule has 5 heteroatoms. The molecule has 0 unspecified atom stereocenters. The molecule has 0 fully saturated rings. The Bertz CT molecular complexity index is 631. The topological polar surface area (TPSA) is 50.2 Å². The summed E-state index contributed by atoms with van der Waals surface area (Å²) in [7, 11) is 3.85. The van der Waals surface area contributed by atoms with Crippen LogP contribution < -0.4 is 5.32 Å². The van der Waals surface area contributed by atoms with E-state index in [2.05, 4.69) is 10.4 Å². The van der Waals surface area contributed by atoms with E-state index in [1.807, 2.05) is 74.1 Å². The lowest BCUT2D eigenvalue weighted by molar-refractivity contribution is -0.125. The van der Waals surface area contributed by atoms with Crippen LogP contribution in [-0.4, -0.2) is 41.2 Å². The predicted octanol–water partition coefficient (Wildman–Crippen LogP) is 2.31. The van der Waals surface area contributed by atoms with E-state index in [-0.39, 0.29) is 11.9 Å². The summed E-state index contributed by atoms with van der Waals surface area (Å²) in [6, 6.07) is 9.84. The van der Waals surface area contributed by atoms with Crippen LogP contribution in [0, 0.1) is 13.8 Å². The predicted molar refractivity (Wildman–Crippen MR) is 92.2 cm³/mol. The number of nitrogens with one attached hydrogen (secondary N) is 1. The molecule has 0 aliphatic rings. The third kappa shape index (κ3) is 4.93. The third-order valence-electron chi connectivity index (χ3n) is 3.80. The molecule has 0 saturated carbocycles. The monoisotopic (exact) mass is 314 g/mol. The van der Waals surface area contributed by atoms with Crippen LogP contribution in [0.4, 0.5) is 0 Å². The lowest BCUT2D eigenvalue weighted by Gasteiger charge is -2.24. The zero-order valence-corrected chi connectivity index (χ0v) is 14.4. The lowest BCUT2D eigenvalue weighted by Crippen LogP contribution is -2.37. The molecular formula is C18H26N4O. The summed E-state index contributed by atoms with van der Waals surface area (Å²) in [5, 5.41) is 7.37. The normalized spacial score (nSPS) is 12.4. The molecule has 1 atom stereocenters. The van der Waals surface area contributed by atoms with E-state index in [1.165, 1.54) is 5.56 Å². The Kier molecular flexibility index (Phi) is 5.93. The van der Waals surface area contributed by atoms with Crippen LogP contribution in [0.2, 0.25) is 0 Å². The van der Waals surface area contributed by atoms with Crippen molar-refractivity contribution in [2.45, 2.75) is 32.9 Å². The SMILES string of the molecule is Cc1ccc([C@H](C(=O)NCCCn2ccc(C)n2)N(C)C)cc1. The summed E-state index contributed by atoms with van der Waals surface area (Å²) in [5.41, 5.74) is 3.23. The highest BCUT2D eigenvalue weighted by atomic mass is 16.2. The smallest absolute Gasteiger partial charge is 0.241 e. The van der Waals surface area contributed by atoms with Gasteiger partial charge in [-0.2, -0.15) is 5.10 Å². The molecule has 0 saturated heterocycles. The van der Waals surface area contributed by atoms with Gasteiger partial charge >= 0.3 is 0 Å². The number of hydrogen-bond donors (Lipinski definition) is 1. The van der Waals surface area contributed by atoms with Crippen molar-refractivity contribution in [3.05, 3.63) is 53.3 Å². The standard InChI is InChI=1S/C18H26N4O/c1-14-6-8-16(9-7-14)17(21(3)4)18(23)19-11-5-12-22-13-10-15(2)20-22/h6-10,13,17H,5,11-12H2,1-4H3,(H,19,23)/t17-/m1/s1. The number of benzene rings is 1. The summed E-state index contributed by atoms with van der Waals surface area (Å²) in [6.07, 6.45) is 2.83. The molecule has 0 radical (unpaired) electrons. The van der Waals surface area contributed by atoms with Crippen molar-refractivity contribution in [1.82, 2.24) is 20.0 Å². The van der Waals surface area contributed by atoms with Gasteiger partial charge in [-0.25, -0.2) is 0 Å². The zero-order chi connectivity index (χ0) is 16.8. The fourth-order valence-corrected chi connectivity index (χ4v) is 2.57. The van der Waals surface area contributed by atoms with Crippen molar-refractivity contribution < 1.29 is 4.79 Å². The molecule has 2 aromatic rings. The molecule has 5 nitrogen and oxygen atoms in total. The number of nitrogens with zero attached hydrogens (tertiary/aromatic N) is 3. The molecule has 0 bridgehead atoms. The first kappa shape index (κ1) is 17.2. The van der Waals surface area contributed by atoms with Gasteiger partial charge in [0.2, 0.25) is 5.91 Å². The number of carbonyl (C=O) groups excluding carboxylic acids is 1. The maximum Gasteiger partial charge on any atom is 0.241 e. The molecule has 0 aliphatic carbocycles. The van der Waals surface area contributed by atoms with Gasteiger partial charge in [-0.15, -0.1) is 0 Å². The summed E-state index contributed by atoms with van der Waals surface area (Å²) in [4.78, 5) is 14.5. The second-order valence-corrected chi connectivity index (χ2v) is 6.14. The quantitative estimate of drug-likeness (QED) is 0.798. The Balaban J connectivity index is 1.87. The average molecular weight is 314 g/mol. The molecule has 1 aromatic carbocycles. The van der Waals surface area contributed by atoms with Crippen LogP contribution in [0.15, 0.2) is 36.5 Å². The molecule has 1 N–H and O–H groups in total. The number of rotatable bonds is 7. The highest BCUT2D eigenvalue weighted by Crippen LogP contribution is 2.18. The highest BCUT2D eigenvalue weighted by molar-refractivity contribution is 5.83. The molecule has 23 heavy (non-hydrogen) atoms. The number of amides is 1. The number of aromatic nitrogens is 2. The number of carbonyl (C=O) groups is 1. The van der Waals surface area contributed by atoms with E-state index in [4.69, 9.17) is 0 Å². The molecule has 1 aromatic heterocycles. The summed E-state index contributed by atoms with van der Waals surface area (Å²) < 4.78 is 1.91. The Labute approximate surface area is 138 Å². The molecular weight excluding hydrogens is 288 g/mol. The molecule has 0 aliphatic heterocycles. The van der Waals surface area contributed by atoms with Crippen molar-refractivity contribution in [2.75, 3.05) is 20.6 Å². The molecule has 2 rings (SSSR count). The van der Waals surface area contributed by atoms with Crippen molar-refractivity contribution in [3.8, 4) is 0 Å². The number of hydrogen-bond acceptors (Lipinski definition) is 3. The van der Waals surface area contributed by atoms with Gasteiger partial charge in [-0.05, 0) is 46.0 Å². The van der Waals surface area contributed by atoms with E-state index in [9.17, 15) is 4.79 Å². The van der Waals surface area contributed by atoms with Crippen LogP contribution in [0.3, 0.4) is 0 Å². The van der Waals surface area contributed by atoms with Gasteiger partial charge in [-0.3, -0.25) is 14.4 Å². The van der Waals surface area contributed by atoms with Crippen LogP contribution in [0.5, 0.6) is 0 Å². The minimum Gasteiger partial charge on any atom is -0.354 e. The van der Waals surface area contributed by atoms with Gasteiger partial charge in [0.15, 0.2) is 0 Å². The Morgan fingerprint density at radius 3 is 2.48 bits per heavy atom. The molecule has 0 spiro atoms. The van der Waals surface area contributed by atoms with E-state index in [0.29, 0.717) is 6.54 Å².